The topological polar surface area (TPSA) is 183 Å². The minimum atomic E-state index is -1.25. The number of nitrogens with one attached hydrogen (secondary N) is 3. The van der Waals surface area contributed by atoms with Crippen LogP contribution < -0.4 is 20.7 Å². The van der Waals surface area contributed by atoms with Crippen molar-refractivity contribution >= 4 is 23.8 Å². The zero-order chi connectivity index (χ0) is 42.6. The molecule has 0 saturated carbocycles. The van der Waals surface area contributed by atoms with Crippen molar-refractivity contribution in [3.8, 4) is 17.0 Å². The Morgan fingerprint density at radius 3 is 1.98 bits per heavy atom. The summed E-state index contributed by atoms with van der Waals surface area (Å²) in [5.74, 6) is -1.10. The van der Waals surface area contributed by atoms with Gasteiger partial charge < -0.3 is 30.9 Å². The van der Waals surface area contributed by atoms with Gasteiger partial charge in [-0.2, -0.15) is 0 Å². The summed E-state index contributed by atoms with van der Waals surface area (Å²) in [6.07, 6.45) is 1.34. The average molecular weight is 795 g/mol. The molecule has 4 rings (SSSR count). The van der Waals surface area contributed by atoms with E-state index in [1.165, 1.54) is 13.2 Å². The highest BCUT2D eigenvalue weighted by Gasteiger charge is 2.39. The molecule has 0 unspecified atom stereocenters. The summed E-state index contributed by atoms with van der Waals surface area (Å²) in [7, 11) is 1.36. The van der Waals surface area contributed by atoms with Gasteiger partial charge in [0.25, 0.3) is 5.91 Å². The molecule has 4 amide bonds. The predicted octanol–water partition coefficient (Wildman–Crippen LogP) is 5.59. The molecule has 0 saturated heterocycles. The quantitative estimate of drug-likeness (QED) is 0.0910. The molecule has 5 atom stereocenters. The van der Waals surface area contributed by atoms with E-state index in [0.717, 1.165) is 33.0 Å². The third-order valence-electron chi connectivity index (χ3n) is 9.81. The Bertz CT molecular complexity index is 1950. The van der Waals surface area contributed by atoms with Gasteiger partial charge in [-0.15, -0.1) is 0 Å². The summed E-state index contributed by atoms with van der Waals surface area (Å²) in [6, 6.07) is 22.7. The van der Waals surface area contributed by atoms with E-state index in [2.05, 4.69) is 25.9 Å². The highest BCUT2D eigenvalue weighted by Crippen LogP contribution is 2.26. The number of nitrogens with zero attached hydrogens (tertiary/aromatic N) is 3. The van der Waals surface area contributed by atoms with Crippen LogP contribution in [-0.2, 0) is 27.2 Å². The van der Waals surface area contributed by atoms with E-state index in [0.29, 0.717) is 12.2 Å². The number of hydrogen-bond acceptors (Lipinski definition) is 8. The maximum Gasteiger partial charge on any atom is 0.407 e. The Morgan fingerprint density at radius 1 is 0.759 bits per heavy atom. The third kappa shape index (κ3) is 13.4. The van der Waals surface area contributed by atoms with Crippen molar-refractivity contribution in [2.45, 2.75) is 98.0 Å². The minimum Gasteiger partial charge on any atom is -0.482 e. The molecular formula is C45H58N6O7. The van der Waals surface area contributed by atoms with Gasteiger partial charge >= 0.3 is 6.09 Å². The van der Waals surface area contributed by atoms with E-state index in [4.69, 9.17) is 4.74 Å². The molecule has 310 valence electrons. The summed E-state index contributed by atoms with van der Waals surface area (Å²) in [4.78, 5) is 63.0. The molecule has 4 aromatic rings. The largest absolute Gasteiger partial charge is 0.482 e. The first-order chi connectivity index (χ1) is 27.3. The van der Waals surface area contributed by atoms with E-state index < -0.39 is 64.9 Å². The van der Waals surface area contributed by atoms with E-state index >= 15 is 0 Å². The molecule has 2 aromatic heterocycles. The number of pyridine rings is 2. The molecule has 13 nitrogen and oxygen atoms in total. The van der Waals surface area contributed by atoms with Crippen molar-refractivity contribution in [1.29, 1.82) is 0 Å². The van der Waals surface area contributed by atoms with Crippen molar-refractivity contribution in [1.82, 2.24) is 30.8 Å². The van der Waals surface area contributed by atoms with Gasteiger partial charge in [-0.3, -0.25) is 29.3 Å². The fraction of sp³-hybridized carbons (Fsp3) is 0.422. The molecule has 0 fully saturated rings. The van der Waals surface area contributed by atoms with Crippen LogP contribution in [0.2, 0.25) is 0 Å². The lowest BCUT2D eigenvalue weighted by molar-refractivity contribution is -0.133. The van der Waals surface area contributed by atoms with E-state index in [1.807, 2.05) is 100 Å². The van der Waals surface area contributed by atoms with Crippen LogP contribution in [0.4, 0.5) is 4.79 Å². The number of aryl methyl sites for hydroxylation is 1. The maximum atomic E-state index is 14.2. The summed E-state index contributed by atoms with van der Waals surface area (Å²) >= 11 is 0. The number of carbonyl (C=O) groups is 4. The number of rotatable bonds is 17. The zero-order valence-corrected chi connectivity index (χ0v) is 34.7. The molecule has 0 spiro atoms. The van der Waals surface area contributed by atoms with Gasteiger partial charge in [-0.05, 0) is 72.4 Å². The number of ether oxygens (including phenoxy) is 1. The monoisotopic (exact) mass is 794 g/mol. The summed E-state index contributed by atoms with van der Waals surface area (Å²) < 4.78 is 5.61. The fourth-order valence-corrected chi connectivity index (χ4v) is 6.80. The highest BCUT2D eigenvalue weighted by molar-refractivity contribution is 5.89. The first-order valence-electron chi connectivity index (χ1n) is 19.5. The molecule has 0 aliphatic rings. The third-order valence-corrected chi connectivity index (χ3v) is 9.81. The number of likely N-dealkylation sites (N-methyl/N-ethyl adjacent to an activating group) is 1. The molecular weight excluding hydrogens is 737 g/mol. The van der Waals surface area contributed by atoms with Crippen LogP contribution in [0.25, 0.3) is 11.3 Å². The van der Waals surface area contributed by atoms with E-state index in [9.17, 15) is 29.4 Å². The number of carboxylic acid groups (broad SMARTS) is 1. The Hall–Kier alpha value is -5.82. The van der Waals surface area contributed by atoms with Crippen LogP contribution in [0.15, 0.2) is 97.3 Å². The molecule has 5 N–H and O–H groups in total. The fourth-order valence-electron chi connectivity index (χ4n) is 6.80. The molecule has 0 aliphatic carbocycles. The van der Waals surface area contributed by atoms with Crippen molar-refractivity contribution in [3.05, 3.63) is 114 Å². The van der Waals surface area contributed by atoms with Gasteiger partial charge in [0.15, 0.2) is 6.61 Å². The van der Waals surface area contributed by atoms with Crippen molar-refractivity contribution in [3.63, 3.8) is 0 Å². The Morgan fingerprint density at radius 2 is 1.41 bits per heavy atom. The lowest BCUT2D eigenvalue weighted by Crippen LogP contribution is -2.59. The SMILES string of the molecule is Cc1ccc(OCC(=O)N[C@H](C(=O)N[C@@H](Cc2ccccc2)[C@@H](O)C[C@H](Cc2ccc(-c3ccccn3)cc2)NC(=O)[C@@H](N(C)C(=O)O)C(C)(C)C)C(C)(C)C)cn1. The van der Waals surface area contributed by atoms with Crippen molar-refractivity contribution in [2.24, 2.45) is 10.8 Å². The highest BCUT2D eigenvalue weighted by atomic mass is 16.5. The second-order valence-corrected chi connectivity index (χ2v) is 16.9. The summed E-state index contributed by atoms with van der Waals surface area (Å²) in [5, 5.41) is 30.8. The molecule has 2 aromatic carbocycles. The number of benzene rings is 2. The number of amides is 4. The van der Waals surface area contributed by atoms with Gasteiger partial charge in [0.1, 0.15) is 17.8 Å². The van der Waals surface area contributed by atoms with Crippen LogP contribution in [0.1, 0.15) is 64.8 Å². The average Bonchev–Trinajstić information content (AvgIpc) is 3.16. The maximum absolute atomic E-state index is 14.2. The number of aromatic nitrogens is 2. The van der Waals surface area contributed by atoms with Gasteiger partial charge in [0, 0.05) is 30.5 Å². The first-order valence-corrected chi connectivity index (χ1v) is 19.5. The number of aliphatic hydroxyl groups is 1. The molecule has 58 heavy (non-hydrogen) atoms. The lowest BCUT2D eigenvalue weighted by atomic mass is 9.84. The van der Waals surface area contributed by atoms with Crippen LogP contribution in [0.5, 0.6) is 5.75 Å². The second-order valence-electron chi connectivity index (χ2n) is 16.9. The van der Waals surface area contributed by atoms with Crippen LogP contribution in [0.3, 0.4) is 0 Å². The molecule has 0 bridgehead atoms. The van der Waals surface area contributed by atoms with Gasteiger partial charge in [-0.1, -0.05) is 102 Å². The Labute approximate surface area is 341 Å². The van der Waals surface area contributed by atoms with Crippen LogP contribution >= 0.6 is 0 Å². The van der Waals surface area contributed by atoms with Crippen LogP contribution in [-0.4, -0.2) is 92.8 Å². The van der Waals surface area contributed by atoms with Gasteiger partial charge in [-0.25, -0.2) is 4.79 Å². The van der Waals surface area contributed by atoms with Gasteiger partial charge in [0.05, 0.1) is 24.0 Å². The summed E-state index contributed by atoms with van der Waals surface area (Å²) in [6.45, 7) is 12.4. The van der Waals surface area contributed by atoms with Crippen molar-refractivity contribution < 1.29 is 34.1 Å². The smallest absolute Gasteiger partial charge is 0.407 e. The standard InChI is InChI=1S/C45H58N6O7/c1-29-17-22-34(27-47-29)58-28-38(53)50-39(44(2,3)4)41(54)49-36(25-30-14-10-9-11-15-30)37(52)26-33(48-42(55)40(45(5,6)7)51(8)43(56)57)24-31-18-20-32(21-19-31)35-16-12-13-23-46-35/h9-23,27,33,36-37,39-40,52H,24-26,28H2,1-8H3,(H,48,55)(H,49,54)(H,50,53)(H,56,57)/t33-,36-,37-,39+,40+/m0/s1. The lowest BCUT2D eigenvalue weighted by Gasteiger charge is -2.37. The van der Waals surface area contributed by atoms with E-state index in [-0.39, 0.29) is 19.4 Å². The normalized spacial score (nSPS) is 14.2. The molecule has 0 aliphatic heterocycles. The number of carbonyl (C=O) groups excluding carboxylic acids is 3. The molecule has 0 radical (unpaired) electrons. The Kier molecular flexibility index (Phi) is 15.5. The second kappa shape index (κ2) is 20.0. The molecule has 13 heteroatoms. The number of hydrogen-bond donors (Lipinski definition) is 5. The van der Waals surface area contributed by atoms with Gasteiger partial charge in [0.2, 0.25) is 11.8 Å². The van der Waals surface area contributed by atoms with Crippen molar-refractivity contribution in [2.75, 3.05) is 13.7 Å². The minimum absolute atomic E-state index is 0.00410. The first kappa shape index (κ1) is 44.9. The number of aliphatic hydroxyl groups excluding tert-OH is 1. The predicted molar refractivity (Wildman–Crippen MR) is 223 cm³/mol. The molecule has 2 heterocycles. The van der Waals surface area contributed by atoms with Crippen LogP contribution in [0, 0.1) is 17.8 Å². The Balaban J connectivity index is 1.61. The summed E-state index contributed by atoms with van der Waals surface area (Å²) in [5.41, 5.74) is 2.73. The van der Waals surface area contributed by atoms with E-state index in [1.54, 1.807) is 39.1 Å². The zero-order valence-electron chi connectivity index (χ0n) is 34.7.